The van der Waals surface area contributed by atoms with Gasteiger partial charge in [0.2, 0.25) is 0 Å². The molecule has 2 aromatic rings. The SMILES string of the molecule is CCCCCCCCOc1ccc(N=Cc2ccc(OCCCC)cc2O)cc1. The van der Waals surface area contributed by atoms with Crippen LogP contribution in [0.1, 0.15) is 70.8 Å². The zero-order valence-electron chi connectivity index (χ0n) is 17.9. The van der Waals surface area contributed by atoms with Crippen LogP contribution in [0, 0.1) is 0 Å². The van der Waals surface area contributed by atoms with Crippen LogP contribution in [-0.2, 0) is 0 Å². The third-order valence-electron chi connectivity index (χ3n) is 4.72. The van der Waals surface area contributed by atoms with E-state index in [0.29, 0.717) is 17.9 Å². The largest absolute Gasteiger partial charge is 0.507 e. The minimum absolute atomic E-state index is 0.168. The number of benzene rings is 2. The van der Waals surface area contributed by atoms with E-state index in [9.17, 15) is 5.11 Å². The fraction of sp³-hybridized carbons (Fsp3) is 0.480. The highest BCUT2D eigenvalue weighted by atomic mass is 16.5. The summed E-state index contributed by atoms with van der Waals surface area (Å²) in [6.07, 6.45) is 11.3. The van der Waals surface area contributed by atoms with Crippen molar-refractivity contribution >= 4 is 11.9 Å². The monoisotopic (exact) mass is 397 g/mol. The van der Waals surface area contributed by atoms with Gasteiger partial charge in [-0.05, 0) is 49.2 Å². The Kier molecular flexibility index (Phi) is 10.7. The summed E-state index contributed by atoms with van der Waals surface area (Å²) in [5.74, 6) is 1.72. The molecule has 0 bridgehead atoms. The zero-order valence-corrected chi connectivity index (χ0v) is 17.9. The van der Waals surface area contributed by atoms with Crippen LogP contribution in [0.25, 0.3) is 0 Å². The van der Waals surface area contributed by atoms with Crippen molar-refractivity contribution < 1.29 is 14.6 Å². The van der Waals surface area contributed by atoms with Crippen molar-refractivity contribution in [3.63, 3.8) is 0 Å². The standard InChI is InChI=1S/C25H35NO3/c1-3-5-7-8-9-10-18-28-23-15-12-22(13-16-23)26-20-21-11-14-24(19-25(21)27)29-17-6-4-2/h11-16,19-20,27H,3-10,17-18H2,1-2H3. The third kappa shape index (κ3) is 9.03. The van der Waals surface area contributed by atoms with Gasteiger partial charge in [0.1, 0.15) is 17.2 Å². The number of phenolic OH excluding ortho intramolecular Hbond substituents is 1. The lowest BCUT2D eigenvalue weighted by atomic mass is 10.1. The Balaban J connectivity index is 1.77. The summed E-state index contributed by atoms with van der Waals surface area (Å²) >= 11 is 0. The molecule has 1 N–H and O–H groups in total. The first-order chi connectivity index (χ1) is 14.2. The van der Waals surface area contributed by atoms with E-state index in [1.807, 2.05) is 36.4 Å². The summed E-state index contributed by atoms with van der Waals surface area (Å²) in [4.78, 5) is 4.44. The molecule has 0 saturated carbocycles. The lowest BCUT2D eigenvalue weighted by Gasteiger charge is -2.07. The van der Waals surface area contributed by atoms with Crippen LogP contribution in [0.5, 0.6) is 17.2 Å². The molecule has 0 aromatic heterocycles. The first-order valence-electron chi connectivity index (χ1n) is 11.0. The van der Waals surface area contributed by atoms with Crippen LogP contribution >= 0.6 is 0 Å². The zero-order chi connectivity index (χ0) is 20.7. The molecule has 29 heavy (non-hydrogen) atoms. The molecule has 0 aliphatic rings. The van der Waals surface area contributed by atoms with Gasteiger partial charge in [-0.2, -0.15) is 0 Å². The van der Waals surface area contributed by atoms with Crippen LogP contribution in [0.15, 0.2) is 47.5 Å². The maximum Gasteiger partial charge on any atom is 0.128 e. The van der Waals surface area contributed by atoms with Gasteiger partial charge < -0.3 is 14.6 Å². The first-order valence-corrected chi connectivity index (χ1v) is 11.0. The molecular weight excluding hydrogens is 362 g/mol. The highest BCUT2D eigenvalue weighted by Gasteiger charge is 2.02. The first kappa shape index (κ1) is 22.8. The molecule has 0 atom stereocenters. The highest BCUT2D eigenvalue weighted by molar-refractivity contribution is 5.85. The number of rotatable bonds is 14. The van der Waals surface area contributed by atoms with Crippen molar-refractivity contribution in [3.8, 4) is 17.2 Å². The number of hydrogen-bond donors (Lipinski definition) is 1. The average Bonchev–Trinajstić information content (AvgIpc) is 2.73. The molecule has 0 aliphatic carbocycles. The Hall–Kier alpha value is -2.49. The van der Waals surface area contributed by atoms with E-state index in [4.69, 9.17) is 9.47 Å². The Morgan fingerprint density at radius 3 is 2.10 bits per heavy atom. The normalized spacial score (nSPS) is 11.1. The number of unbranched alkanes of at least 4 members (excludes halogenated alkanes) is 6. The number of aromatic hydroxyl groups is 1. The molecule has 0 radical (unpaired) electrons. The summed E-state index contributed by atoms with van der Waals surface area (Å²) in [5.41, 5.74) is 1.48. The smallest absolute Gasteiger partial charge is 0.128 e. The summed E-state index contributed by atoms with van der Waals surface area (Å²) in [6.45, 7) is 5.78. The molecule has 0 saturated heterocycles. The number of hydrogen-bond acceptors (Lipinski definition) is 4. The summed E-state index contributed by atoms with van der Waals surface area (Å²) < 4.78 is 11.4. The predicted octanol–water partition coefficient (Wildman–Crippen LogP) is 7.06. The van der Waals surface area contributed by atoms with E-state index < -0.39 is 0 Å². The van der Waals surface area contributed by atoms with E-state index >= 15 is 0 Å². The van der Waals surface area contributed by atoms with Crippen molar-refractivity contribution in [1.82, 2.24) is 0 Å². The topological polar surface area (TPSA) is 51.0 Å². The molecule has 0 amide bonds. The third-order valence-corrected chi connectivity index (χ3v) is 4.72. The Morgan fingerprint density at radius 2 is 1.38 bits per heavy atom. The van der Waals surface area contributed by atoms with E-state index in [0.717, 1.165) is 37.3 Å². The molecule has 0 heterocycles. The summed E-state index contributed by atoms with van der Waals surface area (Å²) in [5, 5.41) is 10.2. The second-order valence-corrected chi connectivity index (χ2v) is 7.29. The number of ether oxygens (including phenoxy) is 2. The maximum absolute atomic E-state index is 10.2. The van der Waals surface area contributed by atoms with Crippen LogP contribution in [0.3, 0.4) is 0 Å². The van der Waals surface area contributed by atoms with Crippen molar-refractivity contribution in [2.24, 2.45) is 4.99 Å². The summed E-state index contributed by atoms with van der Waals surface area (Å²) in [6, 6.07) is 13.0. The quantitative estimate of drug-likeness (QED) is 0.274. The van der Waals surface area contributed by atoms with Crippen molar-refractivity contribution in [1.29, 1.82) is 0 Å². The fourth-order valence-electron chi connectivity index (χ4n) is 2.90. The van der Waals surface area contributed by atoms with Gasteiger partial charge in [0.05, 0.1) is 18.9 Å². The van der Waals surface area contributed by atoms with Gasteiger partial charge in [-0.3, -0.25) is 4.99 Å². The Morgan fingerprint density at radius 1 is 0.759 bits per heavy atom. The Bertz CT molecular complexity index is 725. The van der Waals surface area contributed by atoms with E-state index in [1.165, 1.54) is 32.1 Å². The van der Waals surface area contributed by atoms with E-state index in [-0.39, 0.29) is 5.75 Å². The van der Waals surface area contributed by atoms with Crippen molar-refractivity contribution in [2.75, 3.05) is 13.2 Å². The minimum atomic E-state index is 0.168. The molecule has 4 heteroatoms. The average molecular weight is 398 g/mol. The van der Waals surface area contributed by atoms with Crippen LogP contribution in [0.2, 0.25) is 0 Å². The molecule has 0 aliphatic heterocycles. The van der Waals surface area contributed by atoms with Crippen LogP contribution < -0.4 is 9.47 Å². The van der Waals surface area contributed by atoms with Gasteiger partial charge in [0.15, 0.2) is 0 Å². The van der Waals surface area contributed by atoms with Gasteiger partial charge in [-0.1, -0.05) is 52.4 Å². The van der Waals surface area contributed by atoms with E-state index in [1.54, 1.807) is 12.3 Å². The molecule has 0 unspecified atom stereocenters. The fourth-order valence-corrected chi connectivity index (χ4v) is 2.90. The molecule has 0 fully saturated rings. The lowest BCUT2D eigenvalue weighted by molar-refractivity contribution is 0.304. The Labute approximate surface area is 175 Å². The van der Waals surface area contributed by atoms with Crippen LogP contribution in [0.4, 0.5) is 5.69 Å². The number of phenols is 1. The summed E-state index contributed by atoms with van der Waals surface area (Å²) in [7, 11) is 0. The molecule has 0 spiro atoms. The van der Waals surface area contributed by atoms with Gasteiger partial charge in [0, 0.05) is 17.8 Å². The van der Waals surface area contributed by atoms with Gasteiger partial charge >= 0.3 is 0 Å². The second-order valence-electron chi connectivity index (χ2n) is 7.29. The van der Waals surface area contributed by atoms with Gasteiger partial charge in [-0.25, -0.2) is 0 Å². The van der Waals surface area contributed by atoms with Crippen molar-refractivity contribution in [3.05, 3.63) is 48.0 Å². The molecular formula is C25H35NO3. The minimum Gasteiger partial charge on any atom is -0.507 e. The van der Waals surface area contributed by atoms with Crippen LogP contribution in [-0.4, -0.2) is 24.5 Å². The predicted molar refractivity (Wildman–Crippen MR) is 121 cm³/mol. The second kappa shape index (κ2) is 13.6. The molecule has 158 valence electrons. The molecule has 2 aromatic carbocycles. The number of aliphatic imine (C=N–C) groups is 1. The van der Waals surface area contributed by atoms with Gasteiger partial charge in [-0.15, -0.1) is 0 Å². The molecule has 2 rings (SSSR count). The van der Waals surface area contributed by atoms with Gasteiger partial charge in [0.25, 0.3) is 0 Å². The van der Waals surface area contributed by atoms with Crippen molar-refractivity contribution in [2.45, 2.75) is 65.2 Å². The molecule has 4 nitrogen and oxygen atoms in total. The maximum atomic E-state index is 10.2. The lowest BCUT2D eigenvalue weighted by Crippen LogP contribution is -1.97. The number of nitrogens with zero attached hydrogens (tertiary/aromatic N) is 1. The van der Waals surface area contributed by atoms with E-state index in [2.05, 4.69) is 18.8 Å². The highest BCUT2D eigenvalue weighted by Crippen LogP contribution is 2.24.